The molecule has 0 atom stereocenters. The summed E-state index contributed by atoms with van der Waals surface area (Å²) in [6, 6.07) is 0. The molecule has 1 aliphatic carbocycles. The Hall–Kier alpha value is -1.31. The van der Waals surface area contributed by atoms with Crippen molar-refractivity contribution in [3.63, 3.8) is 0 Å². The van der Waals surface area contributed by atoms with Crippen molar-refractivity contribution in [1.29, 1.82) is 0 Å². The van der Waals surface area contributed by atoms with Crippen molar-refractivity contribution in [2.75, 3.05) is 12.4 Å². The highest BCUT2D eigenvalue weighted by Crippen LogP contribution is 2.42. The fourth-order valence-electron chi connectivity index (χ4n) is 1.87. The lowest BCUT2D eigenvalue weighted by Crippen LogP contribution is -2.06. The summed E-state index contributed by atoms with van der Waals surface area (Å²) in [7, 11) is 1.88. The molecule has 0 amide bonds. The lowest BCUT2D eigenvalue weighted by atomic mass is 10.2. The maximum absolute atomic E-state index is 4.66. The average Bonchev–Trinajstić information content (AvgIpc) is 3.24. The minimum atomic E-state index is 0.575. The van der Waals surface area contributed by atoms with Gasteiger partial charge in [-0.1, -0.05) is 0 Å². The van der Waals surface area contributed by atoms with Gasteiger partial charge < -0.3 is 5.32 Å². The molecule has 0 unspecified atom stereocenters. The van der Waals surface area contributed by atoms with Crippen LogP contribution in [0, 0.1) is 10.5 Å². The molecule has 0 bridgehead atoms. The highest BCUT2D eigenvalue weighted by molar-refractivity contribution is 14.1. The van der Waals surface area contributed by atoms with Crippen molar-refractivity contribution in [3.8, 4) is 11.6 Å². The minimum Gasteiger partial charge on any atom is -0.372 e. The number of hydrogen-bond donors (Lipinski definition) is 1. The Bertz CT molecular complexity index is 607. The first-order valence-electron chi connectivity index (χ1n) is 6.23. The molecule has 2 aromatic rings. The average molecular weight is 367 g/mol. The van der Waals surface area contributed by atoms with E-state index in [9.17, 15) is 0 Å². The molecule has 3 rings (SSSR count). The van der Waals surface area contributed by atoms with Gasteiger partial charge in [0.15, 0.2) is 11.6 Å². The van der Waals surface area contributed by atoms with Gasteiger partial charge in [-0.15, -0.1) is 0 Å². The molecule has 2 aromatic heterocycles. The van der Waals surface area contributed by atoms with Gasteiger partial charge in [0, 0.05) is 25.4 Å². The predicted octanol–water partition coefficient (Wildman–Crippen LogP) is 2.77. The number of hydrogen-bond acceptors (Lipinski definition) is 5. The van der Waals surface area contributed by atoms with Crippen molar-refractivity contribution >= 4 is 28.4 Å². The van der Waals surface area contributed by atoms with E-state index in [1.165, 1.54) is 12.8 Å². The second-order valence-electron chi connectivity index (χ2n) is 4.70. The van der Waals surface area contributed by atoms with E-state index < -0.39 is 0 Å². The Morgan fingerprint density at radius 3 is 2.42 bits per heavy atom. The number of nitrogens with zero attached hydrogens (tertiary/aromatic N) is 4. The summed E-state index contributed by atoms with van der Waals surface area (Å²) in [5.41, 5.74) is 2.16. The fraction of sp³-hybridized carbons (Fsp3) is 0.385. The van der Waals surface area contributed by atoms with Crippen LogP contribution in [0.4, 0.5) is 5.82 Å². The van der Waals surface area contributed by atoms with Crippen molar-refractivity contribution in [3.05, 3.63) is 27.2 Å². The molecular formula is C13H14IN5. The smallest absolute Gasteiger partial charge is 0.200 e. The molecule has 1 aliphatic rings. The van der Waals surface area contributed by atoms with Crippen LogP contribution in [0.3, 0.4) is 0 Å². The number of nitrogens with one attached hydrogen (secondary N) is 1. The molecule has 1 saturated carbocycles. The molecule has 19 heavy (non-hydrogen) atoms. The summed E-state index contributed by atoms with van der Waals surface area (Å²) < 4.78 is 1.11. The van der Waals surface area contributed by atoms with E-state index in [4.69, 9.17) is 0 Å². The second kappa shape index (κ2) is 4.99. The summed E-state index contributed by atoms with van der Waals surface area (Å²) >= 11 is 2.31. The monoisotopic (exact) mass is 367 g/mol. The topological polar surface area (TPSA) is 63.6 Å². The quantitative estimate of drug-likeness (QED) is 0.846. The van der Waals surface area contributed by atoms with E-state index in [0.29, 0.717) is 17.6 Å². The Kier molecular flexibility index (Phi) is 3.34. The van der Waals surface area contributed by atoms with Crippen LogP contribution in [0.5, 0.6) is 0 Å². The van der Waals surface area contributed by atoms with E-state index in [1.807, 2.05) is 14.0 Å². The van der Waals surface area contributed by atoms with Gasteiger partial charge in [-0.3, -0.25) is 0 Å². The van der Waals surface area contributed by atoms with Crippen molar-refractivity contribution in [2.45, 2.75) is 25.7 Å². The Morgan fingerprint density at radius 2 is 1.84 bits per heavy atom. The lowest BCUT2D eigenvalue weighted by Gasteiger charge is -2.09. The van der Waals surface area contributed by atoms with E-state index in [0.717, 1.165) is 20.6 Å². The van der Waals surface area contributed by atoms with Gasteiger partial charge in [-0.25, -0.2) is 19.9 Å². The fourth-order valence-corrected chi connectivity index (χ4v) is 2.82. The summed E-state index contributed by atoms with van der Waals surface area (Å²) in [6.45, 7) is 1.97. The zero-order chi connectivity index (χ0) is 13.4. The van der Waals surface area contributed by atoms with E-state index in [2.05, 4.69) is 47.8 Å². The molecule has 1 fully saturated rings. The number of aromatic nitrogens is 4. The molecule has 6 heteroatoms. The van der Waals surface area contributed by atoms with E-state index >= 15 is 0 Å². The Morgan fingerprint density at radius 1 is 1.16 bits per heavy atom. The Balaban J connectivity index is 2.10. The van der Waals surface area contributed by atoms with Gasteiger partial charge in [0.2, 0.25) is 0 Å². The third-order valence-corrected chi connectivity index (χ3v) is 4.12. The van der Waals surface area contributed by atoms with Crippen LogP contribution in [-0.2, 0) is 0 Å². The standard InChI is InChI=1S/C13H14IN5/c1-7-5-16-12(17-6-7)13-18-10(8-3-4-8)9(14)11(15-2)19-13/h5-6,8H,3-4H2,1-2H3,(H,15,18,19). The summed E-state index contributed by atoms with van der Waals surface area (Å²) in [4.78, 5) is 17.8. The maximum Gasteiger partial charge on any atom is 0.200 e. The molecule has 1 N–H and O–H groups in total. The molecule has 0 aromatic carbocycles. The van der Waals surface area contributed by atoms with Gasteiger partial charge in [0.1, 0.15) is 5.82 Å². The van der Waals surface area contributed by atoms with Crippen LogP contribution in [0.15, 0.2) is 12.4 Å². The first-order chi connectivity index (χ1) is 9.19. The van der Waals surface area contributed by atoms with Crippen LogP contribution in [-0.4, -0.2) is 27.0 Å². The second-order valence-corrected chi connectivity index (χ2v) is 5.78. The first-order valence-corrected chi connectivity index (χ1v) is 7.31. The van der Waals surface area contributed by atoms with Gasteiger partial charge in [0.25, 0.3) is 0 Å². The predicted molar refractivity (Wildman–Crippen MR) is 82.0 cm³/mol. The van der Waals surface area contributed by atoms with Gasteiger partial charge >= 0.3 is 0 Å². The molecule has 0 radical (unpaired) electrons. The van der Waals surface area contributed by atoms with Crippen LogP contribution in [0.25, 0.3) is 11.6 Å². The van der Waals surface area contributed by atoms with Gasteiger partial charge in [0.05, 0.1) is 9.26 Å². The molecule has 98 valence electrons. The van der Waals surface area contributed by atoms with Crippen molar-refractivity contribution in [2.24, 2.45) is 0 Å². The molecule has 5 nitrogen and oxygen atoms in total. The van der Waals surface area contributed by atoms with E-state index in [-0.39, 0.29) is 0 Å². The molecular weight excluding hydrogens is 353 g/mol. The molecule has 0 aliphatic heterocycles. The zero-order valence-corrected chi connectivity index (χ0v) is 13.0. The normalized spacial score (nSPS) is 14.5. The Labute approximate surface area is 125 Å². The largest absolute Gasteiger partial charge is 0.372 e. The van der Waals surface area contributed by atoms with Crippen molar-refractivity contribution in [1.82, 2.24) is 19.9 Å². The summed E-state index contributed by atoms with van der Waals surface area (Å²) in [6.07, 6.45) is 6.01. The van der Waals surface area contributed by atoms with E-state index in [1.54, 1.807) is 12.4 Å². The molecule has 2 heterocycles. The van der Waals surface area contributed by atoms with Crippen LogP contribution >= 0.6 is 22.6 Å². The van der Waals surface area contributed by atoms with Crippen molar-refractivity contribution < 1.29 is 0 Å². The summed E-state index contributed by atoms with van der Waals surface area (Å²) in [5.74, 6) is 2.62. The highest BCUT2D eigenvalue weighted by atomic mass is 127. The van der Waals surface area contributed by atoms with Crippen LogP contribution in [0.1, 0.15) is 30.0 Å². The summed E-state index contributed by atoms with van der Waals surface area (Å²) in [5, 5.41) is 3.13. The van der Waals surface area contributed by atoms with Crippen LogP contribution in [0.2, 0.25) is 0 Å². The third kappa shape index (κ3) is 2.54. The molecule has 0 spiro atoms. The van der Waals surface area contributed by atoms with Gasteiger partial charge in [-0.05, 0) is 47.9 Å². The SMILES string of the molecule is CNc1nc(-c2ncc(C)cn2)nc(C2CC2)c1I. The number of rotatable bonds is 3. The number of anilines is 1. The lowest BCUT2D eigenvalue weighted by molar-refractivity contribution is 0.960. The minimum absolute atomic E-state index is 0.575. The first kappa shape index (κ1) is 12.7. The molecule has 0 saturated heterocycles. The zero-order valence-electron chi connectivity index (χ0n) is 10.8. The number of halogens is 1. The van der Waals surface area contributed by atoms with Crippen LogP contribution < -0.4 is 5.32 Å². The third-order valence-electron chi connectivity index (χ3n) is 3.06. The maximum atomic E-state index is 4.66. The van der Waals surface area contributed by atoms with Gasteiger partial charge in [-0.2, -0.15) is 0 Å². The highest BCUT2D eigenvalue weighted by Gasteiger charge is 2.29. The number of aryl methyl sites for hydroxylation is 1.